The summed E-state index contributed by atoms with van der Waals surface area (Å²) in [7, 11) is 0. The van der Waals surface area contributed by atoms with Gasteiger partial charge in [-0.05, 0) is 37.3 Å². The molecule has 6 nitrogen and oxygen atoms in total. The van der Waals surface area contributed by atoms with E-state index < -0.39 is 0 Å². The summed E-state index contributed by atoms with van der Waals surface area (Å²) >= 11 is 1.65. The van der Waals surface area contributed by atoms with E-state index in [2.05, 4.69) is 20.0 Å². The molecule has 0 bridgehead atoms. The molecule has 7 heteroatoms. The van der Waals surface area contributed by atoms with Crippen molar-refractivity contribution in [3.63, 3.8) is 0 Å². The van der Waals surface area contributed by atoms with Crippen LogP contribution < -0.4 is 5.56 Å². The number of aromatic amines is 1. The Morgan fingerprint density at radius 2 is 2.19 bits per heavy atom. The van der Waals surface area contributed by atoms with Crippen molar-refractivity contribution in [2.45, 2.75) is 26.4 Å². The number of aryl methyl sites for hydroxylation is 1. The summed E-state index contributed by atoms with van der Waals surface area (Å²) in [4.78, 5) is 24.2. The van der Waals surface area contributed by atoms with E-state index in [-0.39, 0.29) is 5.56 Å². The largest absolute Gasteiger partial charge is 0.295 e. The molecular formula is C20H19N5OS. The second-order valence-corrected chi connectivity index (χ2v) is 8.11. The molecule has 0 fully saturated rings. The lowest BCUT2D eigenvalue weighted by molar-refractivity contribution is 0.241. The van der Waals surface area contributed by atoms with E-state index in [4.69, 9.17) is 0 Å². The molecular weight excluding hydrogens is 358 g/mol. The van der Waals surface area contributed by atoms with E-state index in [1.165, 1.54) is 0 Å². The maximum Gasteiger partial charge on any atom is 0.275 e. The minimum absolute atomic E-state index is 0.0382. The van der Waals surface area contributed by atoms with Crippen molar-refractivity contribution in [2.75, 3.05) is 6.54 Å². The van der Waals surface area contributed by atoms with Gasteiger partial charge in [-0.2, -0.15) is 0 Å². The number of H-pyrrole nitrogens is 1. The fourth-order valence-electron chi connectivity index (χ4n) is 3.66. The molecule has 1 aliphatic heterocycles. The Morgan fingerprint density at radius 3 is 3.04 bits per heavy atom. The number of rotatable bonds is 3. The number of benzene rings is 1. The number of nitrogens with zero attached hydrogens (tertiary/aromatic N) is 4. The lowest BCUT2D eigenvalue weighted by Crippen LogP contribution is -2.32. The van der Waals surface area contributed by atoms with Gasteiger partial charge in [0.25, 0.3) is 5.56 Å². The third-order valence-corrected chi connectivity index (χ3v) is 5.91. The van der Waals surface area contributed by atoms with Crippen LogP contribution in [0.25, 0.3) is 15.9 Å². The van der Waals surface area contributed by atoms with Crippen LogP contribution in [0.2, 0.25) is 0 Å². The number of pyridine rings is 1. The number of thiazole rings is 1. The number of fused-ring (bicyclic) bond motifs is 2. The average Bonchev–Trinajstić information content (AvgIpc) is 3.21. The van der Waals surface area contributed by atoms with Crippen LogP contribution in [0.3, 0.4) is 0 Å². The molecule has 0 saturated heterocycles. The van der Waals surface area contributed by atoms with Crippen LogP contribution in [0.5, 0.6) is 0 Å². The number of hydrogen-bond acceptors (Lipinski definition) is 5. The quantitative estimate of drug-likeness (QED) is 0.596. The zero-order valence-corrected chi connectivity index (χ0v) is 15.8. The fourth-order valence-corrected chi connectivity index (χ4v) is 4.52. The molecule has 27 heavy (non-hydrogen) atoms. The van der Waals surface area contributed by atoms with Crippen LogP contribution in [-0.4, -0.2) is 31.2 Å². The molecule has 136 valence electrons. The molecule has 5 rings (SSSR count). The van der Waals surface area contributed by atoms with Gasteiger partial charge in [-0.1, -0.05) is 6.07 Å². The Morgan fingerprint density at radius 1 is 1.26 bits per heavy atom. The summed E-state index contributed by atoms with van der Waals surface area (Å²) in [5.41, 5.74) is 4.81. The highest BCUT2D eigenvalue weighted by Crippen LogP contribution is 2.24. The van der Waals surface area contributed by atoms with Gasteiger partial charge in [0.1, 0.15) is 0 Å². The first kappa shape index (κ1) is 16.4. The minimum Gasteiger partial charge on any atom is -0.295 e. The van der Waals surface area contributed by atoms with Crippen molar-refractivity contribution in [3.05, 3.63) is 74.9 Å². The monoisotopic (exact) mass is 377 g/mol. The molecule has 4 aromatic rings. The maximum absolute atomic E-state index is 13.0. The molecule has 0 atom stereocenters. The topological polar surface area (TPSA) is 66.8 Å². The fraction of sp³-hybridized carbons (Fsp3) is 0.250. The highest BCUT2D eigenvalue weighted by Gasteiger charge is 2.23. The molecule has 1 aliphatic rings. The molecule has 0 unspecified atom stereocenters. The van der Waals surface area contributed by atoms with Crippen molar-refractivity contribution in [1.29, 1.82) is 0 Å². The van der Waals surface area contributed by atoms with Gasteiger partial charge in [0.05, 0.1) is 32.2 Å². The normalized spacial score (nSPS) is 14.6. The molecule has 1 N–H and O–H groups in total. The number of aromatic nitrogens is 4. The van der Waals surface area contributed by atoms with Crippen LogP contribution >= 0.6 is 11.3 Å². The van der Waals surface area contributed by atoms with E-state index in [9.17, 15) is 4.79 Å². The molecule has 3 aromatic heterocycles. The van der Waals surface area contributed by atoms with Crippen LogP contribution in [0, 0.1) is 6.92 Å². The van der Waals surface area contributed by atoms with Crippen molar-refractivity contribution in [1.82, 2.24) is 24.6 Å². The van der Waals surface area contributed by atoms with Gasteiger partial charge in [-0.25, -0.2) is 9.67 Å². The van der Waals surface area contributed by atoms with E-state index in [0.29, 0.717) is 6.54 Å². The molecule has 0 amide bonds. The van der Waals surface area contributed by atoms with Crippen LogP contribution in [0.1, 0.15) is 22.0 Å². The Hall–Kier alpha value is -2.77. The molecule has 0 radical (unpaired) electrons. The first-order chi connectivity index (χ1) is 13.2. The average molecular weight is 377 g/mol. The Balaban J connectivity index is 1.46. The molecule has 4 heterocycles. The Kier molecular flexibility index (Phi) is 3.91. The summed E-state index contributed by atoms with van der Waals surface area (Å²) in [6.45, 7) is 4.32. The molecule has 0 saturated carbocycles. The highest BCUT2D eigenvalue weighted by atomic mass is 32.1. The van der Waals surface area contributed by atoms with E-state index in [1.807, 2.05) is 49.5 Å². The van der Waals surface area contributed by atoms with Crippen LogP contribution in [0.15, 0.2) is 47.4 Å². The highest BCUT2D eigenvalue weighted by molar-refractivity contribution is 7.18. The molecule has 0 spiro atoms. The van der Waals surface area contributed by atoms with Crippen molar-refractivity contribution >= 4 is 21.6 Å². The summed E-state index contributed by atoms with van der Waals surface area (Å²) in [6, 6.07) is 11.9. The zero-order valence-electron chi connectivity index (χ0n) is 15.0. The SMILES string of the molecule is Cc1nc2ccc(-n3[nH]c4c(c3=O)CN(Cc3ccccn3)CC4)cc2s1. The minimum atomic E-state index is 0.0382. The Bertz CT molecular complexity index is 1170. The standard InChI is InChI=1S/C20H19N5OS/c1-13-22-18-6-5-15(10-19(18)27-13)25-20(26)16-12-24(9-7-17(16)23-25)11-14-4-2-3-8-21-14/h2-6,8,10,23H,7,9,11-12H2,1H3. The van der Waals surface area contributed by atoms with Gasteiger partial charge in [0.2, 0.25) is 0 Å². The second kappa shape index (κ2) is 6.44. The van der Waals surface area contributed by atoms with Crippen molar-refractivity contribution in [3.8, 4) is 5.69 Å². The third kappa shape index (κ3) is 2.98. The van der Waals surface area contributed by atoms with Gasteiger partial charge in [-0.15, -0.1) is 11.3 Å². The summed E-state index contributed by atoms with van der Waals surface area (Å²) in [5, 5.41) is 4.35. The maximum atomic E-state index is 13.0. The summed E-state index contributed by atoms with van der Waals surface area (Å²) in [6.07, 6.45) is 2.65. The summed E-state index contributed by atoms with van der Waals surface area (Å²) in [5.74, 6) is 0. The Labute approximate surface area is 160 Å². The van der Waals surface area contributed by atoms with Gasteiger partial charge in [0.15, 0.2) is 0 Å². The predicted octanol–water partition coefficient (Wildman–Crippen LogP) is 3.04. The number of nitrogens with one attached hydrogen (secondary N) is 1. The van der Waals surface area contributed by atoms with Gasteiger partial charge >= 0.3 is 0 Å². The third-order valence-electron chi connectivity index (χ3n) is 4.98. The first-order valence-electron chi connectivity index (χ1n) is 9.00. The van der Waals surface area contributed by atoms with Gasteiger partial charge in [0, 0.05) is 37.9 Å². The van der Waals surface area contributed by atoms with Crippen molar-refractivity contribution in [2.24, 2.45) is 0 Å². The van der Waals surface area contributed by atoms with Crippen LogP contribution in [-0.2, 0) is 19.5 Å². The van der Waals surface area contributed by atoms with Gasteiger partial charge < -0.3 is 0 Å². The summed E-state index contributed by atoms with van der Waals surface area (Å²) < 4.78 is 2.77. The predicted molar refractivity (Wildman–Crippen MR) is 106 cm³/mol. The number of hydrogen-bond donors (Lipinski definition) is 1. The van der Waals surface area contributed by atoms with Crippen molar-refractivity contribution < 1.29 is 0 Å². The first-order valence-corrected chi connectivity index (χ1v) is 9.81. The lowest BCUT2D eigenvalue weighted by atomic mass is 10.1. The van der Waals surface area contributed by atoms with Gasteiger partial charge in [-0.3, -0.25) is 19.8 Å². The second-order valence-electron chi connectivity index (χ2n) is 6.88. The zero-order chi connectivity index (χ0) is 18.4. The van der Waals surface area contributed by atoms with E-state index in [1.54, 1.807) is 16.0 Å². The smallest absolute Gasteiger partial charge is 0.275 e. The van der Waals surface area contributed by atoms with E-state index in [0.717, 1.165) is 57.4 Å². The molecule has 0 aliphatic carbocycles. The molecule has 1 aromatic carbocycles. The van der Waals surface area contributed by atoms with E-state index >= 15 is 0 Å². The van der Waals surface area contributed by atoms with Crippen LogP contribution in [0.4, 0.5) is 0 Å². The lowest BCUT2D eigenvalue weighted by Gasteiger charge is -2.25.